The average molecular weight is 365 g/mol. The molecule has 25 heavy (non-hydrogen) atoms. The van der Waals surface area contributed by atoms with Crippen molar-refractivity contribution < 1.29 is 18.7 Å². The van der Waals surface area contributed by atoms with Gasteiger partial charge in [-0.15, -0.1) is 0 Å². The van der Waals surface area contributed by atoms with E-state index in [4.69, 9.17) is 4.74 Å². The Labute approximate surface area is 149 Å². The van der Waals surface area contributed by atoms with E-state index in [9.17, 15) is 14.0 Å². The van der Waals surface area contributed by atoms with Crippen LogP contribution in [0, 0.1) is 11.7 Å². The molecule has 0 atom stereocenters. The van der Waals surface area contributed by atoms with Gasteiger partial charge in [0.15, 0.2) is 17.5 Å². The Morgan fingerprint density at radius 1 is 1.32 bits per heavy atom. The average Bonchev–Trinajstić information content (AvgIpc) is 3.02. The first-order valence-electron chi connectivity index (χ1n) is 7.74. The molecule has 0 unspecified atom stereocenters. The topological polar surface area (TPSA) is 73.2 Å². The van der Waals surface area contributed by atoms with Gasteiger partial charge in [-0.1, -0.05) is 25.6 Å². The fraction of sp³-hybridized carbons (Fsp3) is 0.353. The van der Waals surface area contributed by atoms with Crippen LogP contribution >= 0.6 is 11.8 Å². The monoisotopic (exact) mass is 365 g/mol. The van der Waals surface area contributed by atoms with Gasteiger partial charge in [-0.2, -0.15) is 0 Å². The maximum Gasteiger partial charge on any atom is 0.357 e. The zero-order valence-electron chi connectivity index (χ0n) is 14.3. The molecule has 2 rings (SSSR count). The highest BCUT2D eigenvalue weighted by Crippen LogP contribution is 2.22. The van der Waals surface area contributed by atoms with Gasteiger partial charge in [0.2, 0.25) is 0 Å². The van der Waals surface area contributed by atoms with E-state index in [0.29, 0.717) is 23.3 Å². The molecule has 0 aliphatic heterocycles. The fourth-order valence-electron chi connectivity index (χ4n) is 2.04. The van der Waals surface area contributed by atoms with Gasteiger partial charge < -0.3 is 10.1 Å². The van der Waals surface area contributed by atoms with Gasteiger partial charge in [0.05, 0.1) is 6.20 Å². The number of ether oxygens (including phenoxy) is 1. The largest absolute Gasteiger partial charge is 0.451 e. The summed E-state index contributed by atoms with van der Waals surface area (Å²) < 4.78 is 19.8. The molecule has 0 saturated carbocycles. The van der Waals surface area contributed by atoms with Gasteiger partial charge in [-0.3, -0.25) is 9.36 Å². The first kappa shape index (κ1) is 19.0. The number of carbonyl (C=O) groups is 2. The van der Waals surface area contributed by atoms with E-state index in [0.717, 1.165) is 0 Å². The van der Waals surface area contributed by atoms with Crippen molar-refractivity contribution in [2.45, 2.75) is 19.0 Å². The summed E-state index contributed by atoms with van der Waals surface area (Å²) in [5.74, 6) is -1.10. The Kier molecular flexibility index (Phi) is 6.58. The van der Waals surface area contributed by atoms with Gasteiger partial charge in [0.25, 0.3) is 5.91 Å². The summed E-state index contributed by atoms with van der Waals surface area (Å²) >= 11 is 1.34. The quantitative estimate of drug-likeness (QED) is 0.603. The van der Waals surface area contributed by atoms with Crippen LogP contribution in [0.15, 0.2) is 35.6 Å². The number of aromatic nitrogens is 2. The van der Waals surface area contributed by atoms with Crippen LogP contribution < -0.4 is 5.32 Å². The molecular weight excluding hydrogens is 345 g/mol. The lowest BCUT2D eigenvalue weighted by molar-refractivity contribution is -0.124. The van der Waals surface area contributed by atoms with E-state index < -0.39 is 5.97 Å². The molecule has 0 radical (unpaired) electrons. The molecule has 0 aliphatic rings. The third-order valence-corrected chi connectivity index (χ3v) is 3.90. The smallest absolute Gasteiger partial charge is 0.357 e. The van der Waals surface area contributed by atoms with Gasteiger partial charge in [0, 0.05) is 12.2 Å². The molecule has 2 aromatic rings. The number of halogens is 1. The number of rotatable bonds is 7. The van der Waals surface area contributed by atoms with Crippen molar-refractivity contribution >= 4 is 23.6 Å². The minimum atomic E-state index is -0.670. The molecule has 1 aromatic carbocycles. The van der Waals surface area contributed by atoms with Crippen molar-refractivity contribution in [3.63, 3.8) is 0 Å². The molecule has 1 aromatic heterocycles. The van der Waals surface area contributed by atoms with Crippen molar-refractivity contribution in [2.24, 2.45) is 5.92 Å². The summed E-state index contributed by atoms with van der Waals surface area (Å²) in [7, 11) is 0. The Balaban J connectivity index is 2.13. The predicted octanol–water partition coefficient (Wildman–Crippen LogP) is 2.66. The molecule has 0 spiro atoms. The maximum absolute atomic E-state index is 13.1. The Bertz CT molecular complexity index is 744. The standard InChI is InChI=1S/C17H20FN3O3S/c1-11(2)8-19-15(22)10-24-16(23)14-9-20-17(25-3)21(14)13-6-4-12(18)5-7-13/h4-7,9,11H,8,10H2,1-3H3,(H,19,22). The van der Waals surface area contributed by atoms with Crippen LogP contribution in [0.5, 0.6) is 0 Å². The predicted molar refractivity (Wildman–Crippen MR) is 93.4 cm³/mol. The number of hydrogen-bond acceptors (Lipinski definition) is 5. The van der Waals surface area contributed by atoms with E-state index in [1.165, 1.54) is 30.1 Å². The lowest BCUT2D eigenvalue weighted by atomic mass is 10.2. The second-order valence-corrected chi connectivity index (χ2v) is 6.49. The Morgan fingerprint density at radius 2 is 2.00 bits per heavy atom. The molecule has 1 N–H and O–H groups in total. The summed E-state index contributed by atoms with van der Waals surface area (Å²) in [6.45, 7) is 4.09. The highest BCUT2D eigenvalue weighted by atomic mass is 32.2. The minimum absolute atomic E-state index is 0.174. The van der Waals surface area contributed by atoms with Crippen LogP contribution in [0.1, 0.15) is 24.3 Å². The molecule has 0 saturated heterocycles. The SMILES string of the molecule is CSc1ncc(C(=O)OCC(=O)NCC(C)C)n1-c1ccc(F)cc1. The first-order chi connectivity index (χ1) is 11.9. The molecule has 1 amide bonds. The van der Waals surface area contributed by atoms with Crippen LogP contribution in [0.4, 0.5) is 4.39 Å². The van der Waals surface area contributed by atoms with Gasteiger partial charge in [-0.25, -0.2) is 14.2 Å². The van der Waals surface area contributed by atoms with Crippen molar-refractivity contribution in [1.82, 2.24) is 14.9 Å². The van der Waals surface area contributed by atoms with Crippen molar-refractivity contribution in [2.75, 3.05) is 19.4 Å². The molecule has 6 nitrogen and oxygen atoms in total. The second-order valence-electron chi connectivity index (χ2n) is 5.72. The lowest BCUT2D eigenvalue weighted by Crippen LogP contribution is -2.31. The van der Waals surface area contributed by atoms with Crippen LogP contribution in [0.2, 0.25) is 0 Å². The number of hydrogen-bond donors (Lipinski definition) is 1. The lowest BCUT2D eigenvalue weighted by Gasteiger charge is -2.11. The molecule has 0 bridgehead atoms. The normalized spacial score (nSPS) is 10.8. The van der Waals surface area contributed by atoms with Crippen molar-refractivity contribution in [3.8, 4) is 5.69 Å². The van der Waals surface area contributed by atoms with Gasteiger partial charge in [0.1, 0.15) is 5.82 Å². The first-order valence-corrected chi connectivity index (χ1v) is 8.96. The Hall–Kier alpha value is -2.35. The molecule has 8 heteroatoms. The fourth-order valence-corrected chi connectivity index (χ4v) is 2.58. The van der Waals surface area contributed by atoms with Crippen LogP contribution in [-0.2, 0) is 9.53 Å². The number of thioether (sulfide) groups is 1. The highest BCUT2D eigenvalue weighted by molar-refractivity contribution is 7.98. The van der Waals surface area contributed by atoms with Crippen LogP contribution in [-0.4, -0.2) is 40.8 Å². The maximum atomic E-state index is 13.1. The third kappa shape index (κ3) is 5.06. The number of nitrogens with one attached hydrogen (secondary N) is 1. The number of benzene rings is 1. The van der Waals surface area contributed by atoms with Crippen molar-refractivity contribution in [1.29, 1.82) is 0 Å². The number of amides is 1. The summed E-state index contributed by atoms with van der Waals surface area (Å²) in [5.41, 5.74) is 0.757. The zero-order chi connectivity index (χ0) is 18.4. The van der Waals surface area contributed by atoms with E-state index >= 15 is 0 Å². The van der Waals surface area contributed by atoms with Crippen molar-refractivity contribution in [3.05, 3.63) is 42.0 Å². The molecule has 0 fully saturated rings. The van der Waals surface area contributed by atoms with E-state index in [1.807, 2.05) is 20.1 Å². The Morgan fingerprint density at radius 3 is 2.60 bits per heavy atom. The minimum Gasteiger partial charge on any atom is -0.451 e. The van der Waals surface area contributed by atoms with Gasteiger partial charge in [-0.05, 0) is 36.4 Å². The van der Waals surface area contributed by atoms with E-state index in [2.05, 4.69) is 10.3 Å². The highest BCUT2D eigenvalue weighted by Gasteiger charge is 2.20. The summed E-state index contributed by atoms with van der Waals surface area (Å²) in [6, 6.07) is 5.69. The summed E-state index contributed by atoms with van der Waals surface area (Å²) in [6.07, 6.45) is 3.19. The number of carbonyl (C=O) groups excluding carboxylic acids is 2. The third-order valence-electron chi connectivity index (χ3n) is 3.25. The molecule has 1 heterocycles. The van der Waals surface area contributed by atoms with E-state index in [1.54, 1.807) is 16.7 Å². The van der Waals surface area contributed by atoms with Crippen LogP contribution in [0.3, 0.4) is 0 Å². The molecule has 134 valence electrons. The van der Waals surface area contributed by atoms with Crippen LogP contribution in [0.25, 0.3) is 5.69 Å². The second kappa shape index (κ2) is 8.66. The molecular formula is C17H20FN3O3S. The molecule has 0 aliphatic carbocycles. The van der Waals surface area contributed by atoms with E-state index in [-0.39, 0.29) is 24.0 Å². The number of imidazole rings is 1. The van der Waals surface area contributed by atoms with Gasteiger partial charge >= 0.3 is 5.97 Å². The summed E-state index contributed by atoms with van der Waals surface area (Å²) in [4.78, 5) is 28.2. The number of esters is 1. The summed E-state index contributed by atoms with van der Waals surface area (Å²) in [5, 5.41) is 3.23. The number of nitrogens with zero attached hydrogens (tertiary/aromatic N) is 2. The zero-order valence-corrected chi connectivity index (χ0v) is 15.1.